The minimum Gasteiger partial charge on any atom is -0.339 e. The number of nitrogens with one attached hydrogen (secondary N) is 1. The monoisotopic (exact) mass is 457 g/mol. The van der Waals surface area contributed by atoms with Gasteiger partial charge in [0.1, 0.15) is 10.8 Å². The first-order chi connectivity index (χ1) is 15.0. The molecule has 0 radical (unpaired) electrons. The number of amides is 2. The first kappa shape index (κ1) is 23.0. The van der Waals surface area contributed by atoms with E-state index in [2.05, 4.69) is 10.3 Å². The van der Waals surface area contributed by atoms with Crippen molar-refractivity contribution in [2.75, 3.05) is 24.2 Å². The number of benzene rings is 2. The summed E-state index contributed by atoms with van der Waals surface area (Å²) in [6, 6.07) is 13.2. The predicted octanol–water partition coefficient (Wildman–Crippen LogP) is 5.30. The minimum atomic E-state index is -0.271. The molecular weight excluding hydrogens is 433 g/mol. The zero-order valence-electron chi connectivity index (χ0n) is 17.4. The summed E-state index contributed by atoms with van der Waals surface area (Å²) >= 11 is 2.97. The van der Waals surface area contributed by atoms with E-state index in [-0.39, 0.29) is 17.6 Å². The molecule has 5 nitrogen and oxygen atoms in total. The van der Waals surface area contributed by atoms with Crippen molar-refractivity contribution in [3.63, 3.8) is 0 Å². The third kappa shape index (κ3) is 6.38. The van der Waals surface area contributed by atoms with Gasteiger partial charge >= 0.3 is 0 Å². The maximum absolute atomic E-state index is 13.0. The molecule has 0 spiro atoms. The van der Waals surface area contributed by atoms with E-state index in [9.17, 15) is 14.0 Å². The number of carbonyl (C=O) groups is 2. The number of anilines is 1. The topological polar surface area (TPSA) is 62.3 Å². The highest BCUT2D eigenvalue weighted by Crippen LogP contribution is 2.25. The molecule has 1 aromatic heterocycles. The Balaban J connectivity index is 1.46. The van der Waals surface area contributed by atoms with Crippen molar-refractivity contribution < 1.29 is 14.0 Å². The first-order valence-electron chi connectivity index (χ1n) is 9.97. The van der Waals surface area contributed by atoms with E-state index < -0.39 is 0 Å². The van der Waals surface area contributed by atoms with Crippen LogP contribution in [-0.4, -0.2) is 40.5 Å². The van der Waals surface area contributed by atoms with Gasteiger partial charge in [0.2, 0.25) is 5.91 Å². The standard InChI is InChI=1S/C23H24FN3O2S2/c1-3-27(4-2)23(29)17-7-11-19(12-8-17)25-21(28)15-30-13-20-14-31-22(26-20)16-5-9-18(24)10-6-16/h5-12,14H,3-4,13,15H2,1-2H3,(H,25,28). The zero-order chi connectivity index (χ0) is 22.2. The van der Waals surface area contributed by atoms with Crippen LogP contribution in [0.15, 0.2) is 53.9 Å². The molecule has 2 aromatic carbocycles. The van der Waals surface area contributed by atoms with Gasteiger partial charge in [-0.2, -0.15) is 0 Å². The number of rotatable bonds is 9. The molecule has 0 saturated heterocycles. The van der Waals surface area contributed by atoms with Crippen LogP contribution in [0.25, 0.3) is 10.6 Å². The lowest BCUT2D eigenvalue weighted by Crippen LogP contribution is -2.30. The number of halogens is 1. The molecule has 0 atom stereocenters. The van der Waals surface area contributed by atoms with Gasteiger partial charge in [0.05, 0.1) is 11.4 Å². The van der Waals surface area contributed by atoms with Crippen LogP contribution in [0.5, 0.6) is 0 Å². The van der Waals surface area contributed by atoms with Gasteiger partial charge in [0, 0.05) is 41.0 Å². The van der Waals surface area contributed by atoms with E-state index in [1.807, 2.05) is 19.2 Å². The SMILES string of the molecule is CCN(CC)C(=O)c1ccc(NC(=O)CSCc2csc(-c3ccc(F)cc3)n2)cc1. The number of nitrogens with zero attached hydrogens (tertiary/aromatic N) is 2. The maximum atomic E-state index is 13.0. The number of hydrogen-bond acceptors (Lipinski definition) is 5. The molecule has 3 aromatic rings. The molecule has 31 heavy (non-hydrogen) atoms. The summed E-state index contributed by atoms with van der Waals surface area (Å²) in [6.07, 6.45) is 0. The lowest BCUT2D eigenvalue weighted by Gasteiger charge is -2.18. The Morgan fingerprint density at radius 2 is 1.74 bits per heavy atom. The van der Waals surface area contributed by atoms with E-state index >= 15 is 0 Å². The van der Waals surface area contributed by atoms with Gasteiger partial charge in [-0.1, -0.05) is 0 Å². The summed E-state index contributed by atoms with van der Waals surface area (Å²) in [7, 11) is 0. The number of carbonyl (C=O) groups excluding carboxylic acids is 2. The Kier molecular flexibility index (Phi) is 8.20. The van der Waals surface area contributed by atoms with Crippen LogP contribution in [0.4, 0.5) is 10.1 Å². The van der Waals surface area contributed by atoms with Crippen molar-refractivity contribution in [1.29, 1.82) is 0 Å². The smallest absolute Gasteiger partial charge is 0.253 e. The molecule has 1 N–H and O–H groups in total. The normalized spacial score (nSPS) is 10.7. The number of thiazole rings is 1. The highest BCUT2D eigenvalue weighted by atomic mass is 32.2. The van der Waals surface area contributed by atoms with Gasteiger partial charge in [0.15, 0.2) is 0 Å². The van der Waals surface area contributed by atoms with Crippen LogP contribution in [0.1, 0.15) is 29.9 Å². The molecule has 0 aliphatic heterocycles. The van der Waals surface area contributed by atoms with E-state index in [0.717, 1.165) is 16.3 Å². The Labute approximate surface area is 189 Å². The average molecular weight is 458 g/mol. The van der Waals surface area contributed by atoms with Crippen LogP contribution in [0, 0.1) is 5.82 Å². The van der Waals surface area contributed by atoms with Crippen LogP contribution < -0.4 is 5.32 Å². The molecule has 1 heterocycles. The predicted molar refractivity (Wildman–Crippen MR) is 126 cm³/mol. The van der Waals surface area contributed by atoms with Crippen molar-refractivity contribution in [1.82, 2.24) is 9.88 Å². The average Bonchev–Trinajstić information content (AvgIpc) is 3.24. The molecule has 3 rings (SSSR count). The number of aromatic nitrogens is 1. The Bertz CT molecular complexity index is 1020. The zero-order valence-corrected chi connectivity index (χ0v) is 19.1. The van der Waals surface area contributed by atoms with Gasteiger partial charge in [-0.05, 0) is 62.4 Å². The summed E-state index contributed by atoms with van der Waals surface area (Å²) in [5.74, 6) is 0.516. The largest absolute Gasteiger partial charge is 0.339 e. The maximum Gasteiger partial charge on any atom is 0.253 e. The third-order valence-corrected chi connectivity index (χ3v) is 6.50. The van der Waals surface area contributed by atoms with Gasteiger partial charge < -0.3 is 10.2 Å². The van der Waals surface area contributed by atoms with Gasteiger partial charge in [-0.25, -0.2) is 9.37 Å². The molecule has 0 aliphatic carbocycles. The molecule has 8 heteroatoms. The molecule has 162 valence electrons. The fourth-order valence-corrected chi connectivity index (χ4v) is 4.58. The van der Waals surface area contributed by atoms with Crippen molar-refractivity contribution in [3.8, 4) is 10.6 Å². The van der Waals surface area contributed by atoms with Crippen LogP contribution in [-0.2, 0) is 10.5 Å². The van der Waals surface area contributed by atoms with E-state index in [1.165, 1.54) is 35.2 Å². The highest BCUT2D eigenvalue weighted by Gasteiger charge is 2.12. The van der Waals surface area contributed by atoms with Crippen LogP contribution in [0.3, 0.4) is 0 Å². The summed E-state index contributed by atoms with van der Waals surface area (Å²) < 4.78 is 13.0. The van der Waals surface area contributed by atoms with E-state index in [1.54, 1.807) is 41.3 Å². The molecule has 0 bridgehead atoms. The Morgan fingerprint density at radius 1 is 1.06 bits per heavy atom. The van der Waals surface area contributed by atoms with Crippen molar-refractivity contribution in [3.05, 3.63) is 71.0 Å². The molecule has 0 saturated carbocycles. The first-order valence-corrected chi connectivity index (χ1v) is 12.0. The third-order valence-electron chi connectivity index (χ3n) is 4.59. The quantitative estimate of drug-likeness (QED) is 0.473. The second-order valence-electron chi connectivity index (χ2n) is 6.75. The number of hydrogen-bond donors (Lipinski definition) is 1. The lowest BCUT2D eigenvalue weighted by molar-refractivity contribution is -0.113. The second kappa shape index (κ2) is 11.1. The van der Waals surface area contributed by atoms with E-state index in [4.69, 9.17) is 0 Å². The summed E-state index contributed by atoms with van der Waals surface area (Å²) in [6.45, 7) is 5.22. The summed E-state index contributed by atoms with van der Waals surface area (Å²) in [5.41, 5.74) is 3.04. The molecule has 0 fully saturated rings. The second-order valence-corrected chi connectivity index (χ2v) is 8.59. The molecule has 2 amide bonds. The number of thioether (sulfide) groups is 1. The molecule has 0 unspecified atom stereocenters. The van der Waals surface area contributed by atoms with Crippen molar-refractivity contribution >= 4 is 40.6 Å². The highest BCUT2D eigenvalue weighted by molar-refractivity contribution is 7.99. The van der Waals surface area contributed by atoms with Crippen molar-refractivity contribution in [2.24, 2.45) is 0 Å². The fourth-order valence-electron chi connectivity index (χ4n) is 2.93. The van der Waals surface area contributed by atoms with Crippen LogP contribution >= 0.6 is 23.1 Å². The van der Waals surface area contributed by atoms with E-state index in [0.29, 0.717) is 35.8 Å². The fraction of sp³-hybridized carbons (Fsp3) is 0.261. The molecule has 0 aliphatic rings. The molecular formula is C23H24FN3O2S2. The van der Waals surface area contributed by atoms with Gasteiger partial charge in [-0.15, -0.1) is 23.1 Å². The van der Waals surface area contributed by atoms with Gasteiger partial charge in [0.25, 0.3) is 5.91 Å². The Hall–Kier alpha value is -2.71. The van der Waals surface area contributed by atoms with Gasteiger partial charge in [-0.3, -0.25) is 9.59 Å². The van der Waals surface area contributed by atoms with Crippen LogP contribution in [0.2, 0.25) is 0 Å². The lowest BCUT2D eigenvalue weighted by atomic mass is 10.2. The van der Waals surface area contributed by atoms with Crippen molar-refractivity contribution in [2.45, 2.75) is 19.6 Å². The summed E-state index contributed by atoms with van der Waals surface area (Å²) in [5, 5.41) is 5.64. The summed E-state index contributed by atoms with van der Waals surface area (Å²) in [4.78, 5) is 30.9. The minimum absolute atomic E-state index is 0.0123. The Morgan fingerprint density at radius 3 is 2.39 bits per heavy atom.